The zero-order valence-corrected chi connectivity index (χ0v) is 10.2. The molecule has 3 nitrogen and oxygen atoms in total. The monoisotopic (exact) mass is 262 g/mol. The lowest BCUT2D eigenvalue weighted by Crippen LogP contribution is -1.94. The summed E-state index contributed by atoms with van der Waals surface area (Å²) in [6.45, 7) is 1.77. The van der Waals surface area contributed by atoms with E-state index in [4.69, 9.17) is 21.6 Å². The van der Waals surface area contributed by atoms with Crippen molar-refractivity contribution in [3.63, 3.8) is 0 Å². The van der Waals surface area contributed by atoms with Gasteiger partial charge in [-0.2, -0.15) is 5.26 Å². The average molecular weight is 263 g/mol. The lowest BCUT2D eigenvalue weighted by atomic mass is 10.2. The Morgan fingerprint density at radius 1 is 1.39 bits per heavy atom. The van der Waals surface area contributed by atoms with Gasteiger partial charge in [-0.1, -0.05) is 11.6 Å². The molecule has 0 spiro atoms. The van der Waals surface area contributed by atoms with Crippen LogP contribution >= 0.6 is 11.6 Å². The molecule has 0 aliphatic rings. The van der Waals surface area contributed by atoms with Gasteiger partial charge in [0.25, 0.3) is 0 Å². The Hall–Kier alpha value is -2.12. The van der Waals surface area contributed by atoms with Crippen LogP contribution in [0.1, 0.15) is 11.1 Å². The number of ether oxygens (including phenoxy) is 1. The number of pyridine rings is 1. The minimum absolute atomic E-state index is 0.0139. The summed E-state index contributed by atoms with van der Waals surface area (Å²) < 4.78 is 18.6. The van der Waals surface area contributed by atoms with Crippen molar-refractivity contribution in [2.24, 2.45) is 0 Å². The number of rotatable bonds is 2. The normalized spacial score (nSPS) is 9.89. The molecule has 18 heavy (non-hydrogen) atoms. The fraction of sp³-hybridized carbons (Fsp3) is 0.0769. The van der Waals surface area contributed by atoms with Gasteiger partial charge in [0.05, 0.1) is 5.02 Å². The summed E-state index contributed by atoms with van der Waals surface area (Å²) in [5.41, 5.74) is 1.07. The Balaban J connectivity index is 2.37. The molecule has 0 bridgehead atoms. The largest absolute Gasteiger partial charge is 0.438 e. The molecule has 1 heterocycles. The number of nitriles is 1. The molecule has 0 fully saturated rings. The van der Waals surface area contributed by atoms with Gasteiger partial charge < -0.3 is 4.74 Å². The van der Waals surface area contributed by atoms with Gasteiger partial charge in [-0.15, -0.1) is 0 Å². The van der Waals surface area contributed by atoms with Crippen LogP contribution < -0.4 is 4.74 Å². The van der Waals surface area contributed by atoms with Gasteiger partial charge >= 0.3 is 0 Å². The van der Waals surface area contributed by atoms with Crippen LogP contribution in [0.5, 0.6) is 11.6 Å². The highest BCUT2D eigenvalue weighted by Gasteiger charge is 2.10. The predicted octanol–water partition coefficient (Wildman–Crippen LogP) is 3.85. The highest BCUT2D eigenvalue weighted by atomic mass is 35.5. The third kappa shape index (κ3) is 2.41. The third-order valence-corrected chi connectivity index (χ3v) is 2.65. The van der Waals surface area contributed by atoms with Crippen LogP contribution in [0.3, 0.4) is 0 Å². The molecule has 0 aliphatic heterocycles. The molecule has 0 amide bonds. The first-order valence-electron chi connectivity index (χ1n) is 5.10. The van der Waals surface area contributed by atoms with Gasteiger partial charge in [0.1, 0.15) is 23.2 Å². The van der Waals surface area contributed by atoms with Gasteiger partial charge in [-0.3, -0.25) is 0 Å². The van der Waals surface area contributed by atoms with Crippen LogP contribution in [0.15, 0.2) is 30.5 Å². The zero-order valence-electron chi connectivity index (χ0n) is 9.45. The fourth-order valence-electron chi connectivity index (χ4n) is 1.40. The molecule has 0 radical (unpaired) electrons. The highest BCUT2D eigenvalue weighted by Crippen LogP contribution is 2.27. The number of hydrogen-bond donors (Lipinski definition) is 0. The summed E-state index contributed by atoms with van der Waals surface area (Å²) in [6, 6.07) is 7.74. The van der Waals surface area contributed by atoms with Crippen molar-refractivity contribution in [1.29, 1.82) is 5.26 Å². The van der Waals surface area contributed by atoms with Crippen molar-refractivity contribution in [2.45, 2.75) is 6.92 Å². The Kier molecular flexibility index (Phi) is 3.45. The van der Waals surface area contributed by atoms with Crippen molar-refractivity contribution in [3.8, 4) is 17.7 Å². The van der Waals surface area contributed by atoms with Crippen LogP contribution in [0, 0.1) is 24.1 Å². The molecule has 0 unspecified atom stereocenters. The Morgan fingerprint density at radius 3 is 2.83 bits per heavy atom. The maximum atomic E-state index is 13.2. The van der Waals surface area contributed by atoms with E-state index >= 15 is 0 Å². The van der Waals surface area contributed by atoms with E-state index in [1.807, 2.05) is 6.07 Å². The van der Waals surface area contributed by atoms with E-state index in [1.165, 1.54) is 18.3 Å². The molecule has 0 aliphatic carbocycles. The lowest BCUT2D eigenvalue weighted by molar-refractivity contribution is 0.456. The number of aryl methyl sites for hydroxylation is 1. The van der Waals surface area contributed by atoms with E-state index in [0.717, 1.165) is 11.6 Å². The van der Waals surface area contributed by atoms with Gasteiger partial charge in [-0.25, -0.2) is 9.37 Å². The molecule has 1 aromatic carbocycles. The molecule has 5 heteroatoms. The predicted molar refractivity (Wildman–Crippen MR) is 65.2 cm³/mol. The molecule has 2 aromatic rings. The summed E-state index contributed by atoms with van der Waals surface area (Å²) in [6.07, 6.45) is 1.53. The average Bonchev–Trinajstić information content (AvgIpc) is 2.34. The topological polar surface area (TPSA) is 45.9 Å². The van der Waals surface area contributed by atoms with Crippen LogP contribution in [-0.2, 0) is 0 Å². The van der Waals surface area contributed by atoms with Crippen LogP contribution in [-0.4, -0.2) is 4.98 Å². The molecular formula is C13H8ClFN2O. The van der Waals surface area contributed by atoms with Crippen molar-refractivity contribution in [1.82, 2.24) is 4.98 Å². The maximum absolute atomic E-state index is 13.2. The minimum Gasteiger partial charge on any atom is -0.438 e. The first kappa shape index (κ1) is 12.3. The Morgan fingerprint density at radius 2 is 2.17 bits per heavy atom. The second-order valence-corrected chi connectivity index (χ2v) is 4.00. The molecule has 0 saturated heterocycles. The Bertz CT molecular complexity index is 637. The fourth-order valence-corrected chi connectivity index (χ4v) is 1.52. The summed E-state index contributed by atoms with van der Waals surface area (Å²) >= 11 is 5.57. The third-order valence-electron chi connectivity index (χ3n) is 2.34. The first-order valence-corrected chi connectivity index (χ1v) is 5.48. The molecule has 1 aromatic heterocycles. The molecule has 0 N–H and O–H groups in total. The van der Waals surface area contributed by atoms with E-state index in [-0.39, 0.29) is 16.7 Å². The second-order valence-electron chi connectivity index (χ2n) is 3.60. The first-order chi connectivity index (χ1) is 8.61. The second kappa shape index (κ2) is 5.03. The maximum Gasteiger partial charge on any atom is 0.237 e. The molecule has 0 saturated carbocycles. The highest BCUT2D eigenvalue weighted by molar-refractivity contribution is 6.30. The zero-order chi connectivity index (χ0) is 13.1. The molecular weight excluding hydrogens is 255 g/mol. The van der Waals surface area contributed by atoms with Gasteiger partial charge in [-0.05, 0) is 30.7 Å². The molecule has 90 valence electrons. The van der Waals surface area contributed by atoms with Gasteiger partial charge in [0.2, 0.25) is 5.88 Å². The van der Waals surface area contributed by atoms with E-state index in [0.29, 0.717) is 5.56 Å². The van der Waals surface area contributed by atoms with E-state index in [1.54, 1.807) is 13.0 Å². The standard InChI is InChI=1S/C13H8ClFN2O/c1-8-4-5-17-13(10(8)7-16)18-9-2-3-11(14)12(15)6-9/h2-6H,1H3. The quantitative estimate of drug-likeness (QED) is 0.826. The van der Waals surface area contributed by atoms with Crippen molar-refractivity contribution >= 4 is 11.6 Å². The smallest absolute Gasteiger partial charge is 0.237 e. The van der Waals surface area contributed by atoms with Crippen molar-refractivity contribution in [3.05, 3.63) is 52.4 Å². The van der Waals surface area contributed by atoms with E-state index in [2.05, 4.69) is 4.98 Å². The minimum atomic E-state index is -0.583. The van der Waals surface area contributed by atoms with Gasteiger partial charge in [0.15, 0.2) is 0 Å². The summed E-state index contributed by atoms with van der Waals surface area (Å²) in [7, 11) is 0. The van der Waals surface area contributed by atoms with Crippen molar-refractivity contribution < 1.29 is 9.13 Å². The summed E-state index contributed by atoms with van der Waals surface area (Å²) in [4.78, 5) is 3.96. The number of benzene rings is 1. The lowest BCUT2D eigenvalue weighted by Gasteiger charge is -2.07. The van der Waals surface area contributed by atoms with Crippen molar-refractivity contribution in [2.75, 3.05) is 0 Å². The number of nitrogens with zero attached hydrogens (tertiary/aromatic N) is 2. The number of halogens is 2. The van der Waals surface area contributed by atoms with E-state index < -0.39 is 5.82 Å². The SMILES string of the molecule is Cc1ccnc(Oc2ccc(Cl)c(F)c2)c1C#N. The van der Waals surface area contributed by atoms with Crippen LogP contribution in [0.2, 0.25) is 5.02 Å². The van der Waals surface area contributed by atoms with Crippen LogP contribution in [0.4, 0.5) is 4.39 Å². The van der Waals surface area contributed by atoms with Crippen LogP contribution in [0.25, 0.3) is 0 Å². The van der Waals surface area contributed by atoms with E-state index in [9.17, 15) is 4.39 Å². The summed E-state index contributed by atoms with van der Waals surface area (Å²) in [5.74, 6) is -0.189. The van der Waals surface area contributed by atoms with Gasteiger partial charge in [0, 0.05) is 12.3 Å². The summed E-state index contributed by atoms with van der Waals surface area (Å²) in [5, 5.41) is 9.02. The molecule has 0 atom stereocenters. The Labute approximate surface area is 108 Å². The number of hydrogen-bond acceptors (Lipinski definition) is 3. The number of aromatic nitrogens is 1. The molecule has 2 rings (SSSR count).